The maximum atomic E-state index is 12.8. The molecule has 3 rings (SSSR count). The van der Waals surface area contributed by atoms with Crippen LogP contribution in [0, 0.1) is 11.3 Å². The first kappa shape index (κ1) is 20.9. The van der Waals surface area contributed by atoms with Crippen LogP contribution < -0.4 is 0 Å². The normalized spacial score (nSPS) is 17.6. The average molecular weight is 392 g/mol. The molecule has 1 fully saturated rings. The van der Waals surface area contributed by atoms with Crippen LogP contribution in [-0.2, 0) is 17.7 Å². The van der Waals surface area contributed by atoms with Gasteiger partial charge in [-0.2, -0.15) is 5.26 Å². The molecule has 152 valence electrons. The van der Waals surface area contributed by atoms with Crippen molar-refractivity contribution in [3.63, 3.8) is 0 Å². The summed E-state index contributed by atoms with van der Waals surface area (Å²) in [4.78, 5) is 17.1. The van der Waals surface area contributed by atoms with Crippen LogP contribution in [-0.4, -0.2) is 47.2 Å². The van der Waals surface area contributed by atoms with Gasteiger partial charge in [0, 0.05) is 26.2 Å². The number of carbonyl (C=O) groups is 1. The van der Waals surface area contributed by atoms with Crippen LogP contribution in [0.15, 0.2) is 54.6 Å². The molecule has 1 unspecified atom stereocenters. The number of amides is 1. The van der Waals surface area contributed by atoms with Gasteiger partial charge in [0.05, 0.1) is 17.7 Å². The number of piperazine rings is 1. The third-order valence-electron chi connectivity index (χ3n) is 5.00. The minimum absolute atomic E-state index is 0.0234. The summed E-state index contributed by atoms with van der Waals surface area (Å²) in [5.74, 6) is 0. The predicted octanol–water partition coefficient (Wildman–Crippen LogP) is 4.22. The van der Waals surface area contributed by atoms with Crippen LogP contribution in [0.1, 0.15) is 37.5 Å². The fraction of sp³-hybridized carbons (Fsp3) is 0.417. The zero-order valence-electron chi connectivity index (χ0n) is 17.5. The molecule has 0 bridgehead atoms. The van der Waals surface area contributed by atoms with Gasteiger partial charge in [-0.3, -0.25) is 4.90 Å². The van der Waals surface area contributed by atoms with Crippen LogP contribution in [0.2, 0.25) is 0 Å². The quantitative estimate of drug-likeness (QED) is 0.783. The van der Waals surface area contributed by atoms with E-state index in [1.165, 1.54) is 5.56 Å². The van der Waals surface area contributed by atoms with Crippen molar-refractivity contribution < 1.29 is 9.53 Å². The van der Waals surface area contributed by atoms with Crippen LogP contribution in [0.4, 0.5) is 4.79 Å². The maximum absolute atomic E-state index is 12.8. The number of rotatable bonds is 4. The highest BCUT2D eigenvalue weighted by Crippen LogP contribution is 2.20. The van der Waals surface area contributed by atoms with Gasteiger partial charge in [0.25, 0.3) is 0 Å². The van der Waals surface area contributed by atoms with Crippen molar-refractivity contribution >= 4 is 6.09 Å². The van der Waals surface area contributed by atoms with Gasteiger partial charge < -0.3 is 9.64 Å². The van der Waals surface area contributed by atoms with E-state index < -0.39 is 5.60 Å². The molecule has 1 atom stereocenters. The lowest BCUT2D eigenvalue weighted by Gasteiger charge is -2.42. The molecule has 1 aliphatic rings. The molecule has 1 saturated heterocycles. The van der Waals surface area contributed by atoms with E-state index in [1.807, 2.05) is 56.0 Å². The Bertz CT molecular complexity index is 850. The van der Waals surface area contributed by atoms with Crippen molar-refractivity contribution in [1.82, 2.24) is 9.80 Å². The average Bonchev–Trinajstić information content (AvgIpc) is 2.68. The summed E-state index contributed by atoms with van der Waals surface area (Å²) in [6, 6.07) is 20.2. The van der Waals surface area contributed by atoms with Crippen LogP contribution in [0.5, 0.6) is 0 Å². The number of nitrogens with zero attached hydrogens (tertiary/aromatic N) is 3. The van der Waals surface area contributed by atoms with E-state index in [9.17, 15) is 4.79 Å². The molecule has 1 amide bonds. The highest BCUT2D eigenvalue weighted by molar-refractivity contribution is 5.69. The lowest BCUT2D eigenvalue weighted by molar-refractivity contribution is -0.00232. The first-order valence-corrected chi connectivity index (χ1v) is 10.1. The highest BCUT2D eigenvalue weighted by Gasteiger charge is 2.33. The Morgan fingerprint density at radius 1 is 1.07 bits per heavy atom. The summed E-state index contributed by atoms with van der Waals surface area (Å²) >= 11 is 0. The number of carbonyl (C=O) groups excluding carboxylic acids is 1. The van der Waals surface area contributed by atoms with Crippen LogP contribution in [0.3, 0.4) is 0 Å². The van der Waals surface area contributed by atoms with E-state index >= 15 is 0 Å². The van der Waals surface area contributed by atoms with Gasteiger partial charge in [0.15, 0.2) is 0 Å². The Balaban J connectivity index is 1.75. The van der Waals surface area contributed by atoms with Gasteiger partial charge in [-0.15, -0.1) is 0 Å². The van der Waals surface area contributed by atoms with E-state index in [2.05, 4.69) is 35.2 Å². The van der Waals surface area contributed by atoms with E-state index in [4.69, 9.17) is 10.00 Å². The number of ether oxygens (including phenoxy) is 1. The van der Waals surface area contributed by atoms with Crippen molar-refractivity contribution in [2.24, 2.45) is 0 Å². The van der Waals surface area contributed by atoms with E-state index in [0.717, 1.165) is 31.6 Å². The second-order valence-electron chi connectivity index (χ2n) is 8.56. The number of nitriles is 1. The van der Waals surface area contributed by atoms with Crippen molar-refractivity contribution in [2.45, 2.75) is 45.4 Å². The van der Waals surface area contributed by atoms with Crippen molar-refractivity contribution in [3.8, 4) is 6.07 Å². The molecule has 0 aliphatic carbocycles. The predicted molar refractivity (Wildman–Crippen MR) is 113 cm³/mol. The lowest BCUT2D eigenvalue weighted by Crippen LogP contribution is -2.56. The first-order valence-electron chi connectivity index (χ1n) is 10.1. The summed E-state index contributed by atoms with van der Waals surface area (Å²) in [6.07, 6.45) is 0.478. The minimum atomic E-state index is -0.517. The SMILES string of the molecule is CC(C)(C)OC(=O)N1CCN(Cc2ccccc2)CC1Cc1ccc(C#N)cc1. The number of hydrogen-bond acceptors (Lipinski definition) is 4. The summed E-state index contributed by atoms with van der Waals surface area (Å²) in [6.45, 7) is 8.80. The highest BCUT2D eigenvalue weighted by atomic mass is 16.6. The van der Waals surface area contributed by atoms with Gasteiger partial charge in [-0.25, -0.2) is 4.79 Å². The Hall–Kier alpha value is -2.84. The zero-order chi connectivity index (χ0) is 20.9. The van der Waals surface area contributed by atoms with Gasteiger partial charge in [0.1, 0.15) is 5.60 Å². The first-order chi connectivity index (χ1) is 13.8. The van der Waals surface area contributed by atoms with Gasteiger partial charge in [0.2, 0.25) is 0 Å². The summed E-state index contributed by atoms with van der Waals surface area (Å²) in [7, 11) is 0. The number of hydrogen-bond donors (Lipinski definition) is 0. The Morgan fingerprint density at radius 3 is 2.38 bits per heavy atom. The third-order valence-corrected chi connectivity index (χ3v) is 5.00. The number of benzene rings is 2. The summed E-state index contributed by atoms with van der Waals surface area (Å²) < 4.78 is 5.66. The molecule has 0 saturated carbocycles. The largest absolute Gasteiger partial charge is 0.444 e. The van der Waals surface area contributed by atoms with E-state index in [-0.39, 0.29) is 12.1 Å². The van der Waals surface area contributed by atoms with E-state index in [1.54, 1.807) is 0 Å². The molecule has 1 heterocycles. The van der Waals surface area contributed by atoms with Crippen molar-refractivity contribution in [1.29, 1.82) is 5.26 Å². The molecule has 5 nitrogen and oxygen atoms in total. The molecular formula is C24H29N3O2. The molecule has 0 radical (unpaired) electrons. The Labute approximate surface area is 173 Å². The van der Waals surface area contributed by atoms with Gasteiger partial charge >= 0.3 is 6.09 Å². The minimum Gasteiger partial charge on any atom is -0.444 e. The van der Waals surface area contributed by atoms with Crippen LogP contribution in [0.25, 0.3) is 0 Å². The Morgan fingerprint density at radius 2 is 1.76 bits per heavy atom. The fourth-order valence-corrected chi connectivity index (χ4v) is 3.63. The Kier molecular flexibility index (Phi) is 6.56. The van der Waals surface area contributed by atoms with Crippen LogP contribution >= 0.6 is 0 Å². The third kappa shape index (κ3) is 6.07. The lowest BCUT2D eigenvalue weighted by atomic mass is 10.0. The molecule has 0 N–H and O–H groups in total. The van der Waals surface area contributed by atoms with Crippen molar-refractivity contribution in [3.05, 3.63) is 71.3 Å². The molecule has 0 spiro atoms. The zero-order valence-corrected chi connectivity index (χ0v) is 17.5. The molecule has 2 aromatic rings. The van der Waals surface area contributed by atoms with Gasteiger partial charge in [-0.05, 0) is 50.5 Å². The molecule has 2 aromatic carbocycles. The smallest absolute Gasteiger partial charge is 0.410 e. The van der Waals surface area contributed by atoms with Gasteiger partial charge in [-0.1, -0.05) is 42.5 Å². The van der Waals surface area contributed by atoms with E-state index in [0.29, 0.717) is 12.1 Å². The standard InChI is InChI=1S/C24H29N3O2/c1-24(2,3)29-23(28)27-14-13-26(17-21-7-5-4-6-8-21)18-22(27)15-19-9-11-20(16-25)12-10-19/h4-12,22H,13-15,17-18H2,1-3H3. The second-order valence-corrected chi connectivity index (χ2v) is 8.56. The maximum Gasteiger partial charge on any atom is 0.410 e. The van der Waals surface area contributed by atoms with Crippen molar-refractivity contribution in [2.75, 3.05) is 19.6 Å². The molecule has 5 heteroatoms. The summed E-state index contributed by atoms with van der Waals surface area (Å²) in [5.41, 5.74) is 2.52. The second kappa shape index (κ2) is 9.11. The fourth-order valence-electron chi connectivity index (χ4n) is 3.63. The molecule has 0 aromatic heterocycles. The molecule has 29 heavy (non-hydrogen) atoms. The molecule has 1 aliphatic heterocycles. The molecular weight excluding hydrogens is 362 g/mol. The monoisotopic (exact) mass is 391 g/mol. The topological polar surface area (TPSA) is 56.6 Å². The summed E-state index contributed by atoms with van der Waals surface area (Å²) in [5, 5.41) is 9.02.